The Labute approximate surface area is 175 Å². The van der Waals surface area contributed by atoms with Crippen molar-refractivity contribution in [3.05, 3.63) is 97.9 Å². The van der Waals surface area contributed by atoms with Gasteiger partial charge in [0, 0.05) is 11.1 Å². The summed E-state index contributed by atoms with van der Waals surface area (Å²) in [6, 6.07) is 18.4. The molecule has 7 nitrogen and oxygen atoms in total. The number of halogens is 1. The number of ether oxygens (including phenoxy) is 1. The number of hydrogen-bond acceptors (Lipinski definition) is 6. The summed E-state index contributed by atoms with van der Waals surface area (Å²) in [5, 5.41) is 13.9. The zero-order valence-corrected chi connectivity index (χ0v) is 16.5. The third kappa shape index (κ3) is 5.40. The second kappa shape index (κ2) is 9.31. The van der Waals surface area contributed by atoms with Crippen LogP contribution in [0.2, 0.25) is 5.02 Å². The molecule has 1 aromatic heterocycles. The van der Waals surface area contributed by atoms with Crippen LogP contribution in [0.1, 0.15) is 26.8 Å². The molecule has 0 spiro atoms. The molecule has 29 heavy (non-hydrogen) atoms. The minimum atomic E-state index is -0.791. The third-order valence-electron chi connectivity index (χ3n) is 3.95. The van der Waals surface area contributed by atoms with Gasteiger partial charge in [0.05, 0.1) is 11.0 Å². The molecule has 148 valence electrons. The Morgan fingerprint density at radius 2 is 1.69 bits per heavy atom. The van der Waals surface area contributed by atoms with Gasteiger partial charge >= 0.3 is 11.0 Å². The molecule has 3 aromatic rings. The van der Waals surface area contributed by atoms with Crippen molar-refractivity contribution in [2.24, 2.45) is 0 Å². The fraction of sp³-hybridized carbons (Fsp3) is 0.100. The summed E-state index contributed by atoms with van der Waals surface area (Å²) in [7, 11) is 0. The molecule has 0 radical (unpaired) electrons. The molecule has 0 saturated heterocycles. The van der Waals surface area contributed by atoms with E-state index in [0.29, 0.717) is 16.4 Å². The van der Waals surface area contributed by atoms with Crippen LogP contribution < -0.4 is 5.32 Å². The predicted molar refractivity (Wildman–Crippen MR) is 109 cm³/mol. The number of carbonyl (C=O) groups is 2. The second-order valence-electron chi connectivity index (χ2n) is 5.93. The number of carbonyl (C=O) groups excluding carboxylic acids is 2. The largest absolute Gasteiger partial charge is 0.451 e. The molecule has 1 heterocycles. The number of nitrogens with zero attached hydrogens (tertiary/aromatic N) is 1. The Kier molecular flexibility index (Phi) is 6.58. The van der Waals surface area contributed by atoms with Gasteiger partial charge in [-0.3, -0.25) is 14.9 Å². The van der Waals surface area contributed by atoms with E-state index < -0.39 is 29.4 Å². The van der Waals surface area contributed by atoms with E-state index >= 15 is 0 Å². The Balaban J connectivity index is 1.67. The van der Waals surface area contributed by atoms with Gasteiger partial charge in [-0.15, -0.1) is 0 Å². The summed E-state index contributed by atoms with van der Waals surface area (Å²) in [5.74, 6) is -1.30. The molecule has 9 heteroatoms. The smallest absolute Gasteiger partial charge is 0.349 e. The molecular weight excluding hydrogens is 416 g/mol. The number of rotatable bonds is 7. The Hall–Kier alpha value is -3.23. The van der Waals surface area contributed by atoms with E-state index in [0.717, 1.165) is 11.1 Å². The van der Waals surface area contributed by atoms with Crippen molar-refractivity contribution < 1.29 is 19.2 Å². The monoisotopic (exact) mass is 430 g/mol. The Morgan fingerprint density at radius 1 is 1.03 bits per heavy atom. The first-order chi connectivity index (χ1) is 13.9. The van der Waals surface area contributed by atoms with Crippen molar-refractivity contribution in [3.8, 4) is 0 Å². The van der Waals surface area contributed by atoms with E-state index in [1.807, 2.05) is 30.3 Å². The van der Waals surface area contributed by atoms with Crippen molar-refractivity contribution in [1.29, 1.82) is 0 Å². The zero-order chi connectivity index (χ0) is 20.8. The van der Waals surface area contributed by atoms with Crippen molar-refractivity contribution in [1.82, 2.24) is 5.32 Å². The van der Waals surface area contributed by atoms with Crippen LogP contribution >= 0.6 is 22.9 Å². The SMILES string of the molecule is O=C(COC(=O)c1ccc([N+](=O)[O-])s1)NC(c1ccccc1)c1ccc(Cl)cc1. The summed E-state index contributed by atoms with van der Waals surface area (Å²) in [6.45, 7) is -0.512. The van der Waals surface area contributed by atoms with Gasteiger partial charge in [-0.1, -0.05) is 65.4 Å². The van der Waals surface area contributed by atoms with Crippen LogP contribution in [0.4, 0.5) is 5.00 Å². The first kappa shape index (κ1) is 20.5. The maximum atomic E-state index is 12.4. The minimum absolute atomic E-state index is 0.0572. The van der Waals surface area contributed by atoms with Crippen LogP contribution in [-0.4, -0.2) is 23.4 Å². The highest BCUT2D eigenvalue weighted by molar-refractivity contribution is 7.17. The zero-order valence-electron chi connectivity index (χ0n) is 14.9. The minimum Gasteiger partial charge on any atom is -0.451 e. The summed E-state index contributed by atoms with van der Waals surface area (Å²) in [4.78, 5) is 34.6. The topological polar surface area (TPSA) is 98.5 Å². The van der Waals surface area contributed by atoms with Gasteiger partial charge in [-0.05, 0) is 29.3 Å². The molecule has 1 N–H and O–H groups in total. The van der Waals surface area contributed by atoms with E-state index in [4.69, 9.17) is 16.3 Å². The maximum Gasteiger partial charge on any atom is 0.349 e. The first-order valence-corrected chi connectivity index (χ1v) is 9.64. The summed E-state index contributed by atoms with van der Waals surface area (Å²) >= 11 is 6.64. The summed E-state index contributed by atoms with van der Waals surface area (Å²) in [6.07, 6.45) is 0. The predicted octanol–water partition coefficient (Wildman–Crippen LogP) is 4.37. The molecule has 0 aliphatic carbocycles. The van der Waals surface area contributed by atoms with E-state index in [-0.39, 0.29) is 9.88 Å². The van der Waals surface area contributed by atoms with Crippen molar-refractivity contribution in [2.75, 3.05) is 6.61 Å². The van der Waals surface area contributed by atoms with Crippen LogP contribution in [-0.2, 0) is 9.53 Å². The number of amides is 1. The van der Waals surface area contributed by atoms with Crippen molar-refractivity contribution in [3.63, 3.8) is 0 Å². The Bertz CT molecular complexity index is 1020. The molecule has 3 rings (SSSR count). The normalized spacial score (nSPS) is 11.5. The Morgan fingerprint density at radius 3 is 2.31 bits per heavy atom. The molecule has 0 bridgehead atoms. The molecule has 0 fully saturated rings. The summed E-state index contributed by atoms with van der Waals surface area (Å²) < 4.78 is 4.99. The quantitative estimate of drug-likeness (QED) is 0.341. The van der Waals surface area contributed by atoms with Crippen LogP contribution in [0.25, 0.3) is 0 Å². The lowest BCUT2D eigenvalue weighted by Crippen LogP contribution is -2.33. The van der Waals surface area contributed by atoms with Gasteiger partial charge in [-0.2, -0.15) is 0 Å². The van der Waals surface area contributed by atoms with Gasteiger partial charge < -0.3 is 10.1 Å². The van der Waals surface area contributed by atoms with E-state index in [1.54, 1.807) is 24.3 Å². The highest BCUT2D eigenvalue weighted by Crippen LogP contribution is 2.25. The second-order valence-corrected chi connectivity index (χ2v) is 7.43. The lowest BCUT2D eigenvalue weighted by Gasteiger charge is -2.20. The van der Waals surface area contributed by atoms with E-state index in [9.17, 15) is 19.7 Å². The molecule has 2 aromatic carbocycles. The van der Waals surface area contributed by atoms with E-state index in [1.165, 1.54) is 12.1 Å². The number of hydrogen-bond donors (Lipinski definition) is 1. The van der Waals surface area contributed by atoms with Crippen molar-refractivity contribution >= 4 is 39.8 Å². The van der Waals surface area contributed by atoms with Crippen LogP contribution in [0.3, 0.4) is 0 Å². The molecule has 1 atom stereocenters. The maximum absolute atomic E-state index is 12.4. The number of nitro groups is 1. The standard InChI is InChI=1S/C20H15ClN2O5S/c21-15-8-6-14(7-9-15)19(13-4-2-1-3-5-13)22-17(24)12-28-20(25)16-10-11-18(29-16)23(26)27/h1-11,19H,12H2,(H,22,24). The average Bonchev–Trinajstić information content (AvgIpc) is 3.22. The lowest BCUT2D eigenvalue weighted by molar-refractivity contribution is -0.380. The highest BCUT2D eigenvalue weighted by Gasteiger charge is 2.20. The van der Waals surface area contributed by atoms with Gasteiger partial charge in [0.15, 0.2) is 6.61 Å². The van der Waals surface area contributed by atoms with Crippen LogP contribution in [0, 0.1) is 10.1 Å². The molecule has 0 aliphatic heterocycles. The number of esters is 1. The number of thiophene rings is 1. The number of benzene rings is 2. The average molecular weight is 431 g/mol. The third-order valence-corrected chi connectivity index (χ3v) is 5.22. The van der Waals surface area contributed by atoms with Crippen molar-refractivity contribution in [2.45, 2.75) is 6.04 Å². The van der Waals surface area contributed by atoms with Gasteiger partial charge in [0.25, 0.3) is 5.91 Å². The highest BCUT2D eigenvalue weighted by atomic mass is 35.5. The molecule has 1 amide bonds. The van der Waals surface area contributed by atoms with Gasteiger partial charge in [0.2, 0.25) is 0 Å². The van der Waals surface area contributed by atoms with Gasteiger partial charge in [0.1, 0.15) is 4.88 Å². The molecule has 1 unspecified atom stereocenters. The summed E-state index contributed by atoms with van der Waals surface area (Å²) in [5.41, 5.74) is 1.66. The lowest BCUT2D eigenvalue weighted by atomic mass is 9.99. The van der Waals surface area contributed by atoms with Crippen LogP contribution in [0.15, 0.2) is 66.7 Å². The first-order valence-electron chi connectivity index (χ1n) is 8.45. The molecular formula is C20H15ClN2O5S. The number of nitrogens with one attached hydrogen (secondary N) is 1. The fourth-order valence-electron chi connectivity index (χ4n) is 2.60. The molecule has 0 aliphatic rings. The fourth-order valence-corrected chi connectivity index (χ4v) is 3.44. The van der Waals surface area contributed by atoms with Gasteiger partial charge in [-0.25, -0.2) is 4.79 Å². The molecule has 0 saturated carbocycles. The van der Waals surface area contributed by atoms with E-state index in [2.05, 4.69) is 5.32 Å². The van der Waals surface area contributed by atoms with Crippen LogP contribution in [0.5, 0.6) is 0 Å².